The third-order valence-electron chi connectivity index (χ3n) is 4.51. The van der Waals surface area contributed by atoms with E-state index in [-0.39, 0.29) is 0 Å². The summed E-state index contributed by atoms with van der Waals surface area (Å²) < 4.78 is 6.02. The molecular weight excluding hydrogens is 268 g/mol. The molecule has 1 saturated heterocycles. The first-order chi connectivity index (χ1) is 9.81. The van der Waals surface area contributed by atoms with Crippen molar-refractivity contribution in [3.63, 3.8) is 0 Å². The molecule has 1 aliphatic carbocycles. The van der Waals surface area contributed by atoms with Gasteiger partial charge in [-0.25, -0.2) is 0 Å². The van der Waals surface area contributed by atoms with Crippen LogP contribution < -0.4 is 4.90 Å². The summed E-state index contributed by atoms with van der Waals surface area (Å²) in [6.45, 7) is 3.17. The summed E-state index contributed by atoms with van der Waals surface area (Å²) in [7, 11) is 0. The van der Waals surface area contributed by atoms with Gasteiger partial charge in [-0.05, 0) is 37.5 Å². The number of thioether (sulfide) groups is 1. The van der Waals surface area contributed by atoms with Gasteiger partial charge in [0.05, 0.1) is 0 Å². The van der Waals surface area contributed by atoms with Crippen LogP contribution in [0.15, 0.2) is 22.6 Å². The van der Waals surface area contributed by atoms with Crippen LogP contribution in [0.4, 0.5) is 6.01 Å². The van der Waals surface area contributed by atoms with E-state index in [1.54, 1.807) is 0 Å². The van der Waals surface area contributed by atoms with Crippen LogP contribution in [0.5, 0.6) is 0 Å². The average molecular weight is 288 g/mol. The molecule has 3 nitrogen and oxygen atoms in total. The molecule has 1 aromatic carbocycles. The van der Waals surface area contributed by atoms with Crippen molar-refractivity contribution >= 4 is 28.9 Å². The highest BCUT2D eigenvalue weighted by atomic mass is 32.2. The van der Waals surface area contributed by atoms with Crippen LogP contribution in [0, 0.1) is 6.92 Å². The predicted octanol–water partition coefficient (Wildman–Crippen LogP) is 4.00. The zero-order valence-electron chi connectivity index (χ0n) is 11.8. The molecule has 0 unspecified atom stereocenters. The Morgan fingerprint density at radius 1 is 1.30 bits per heavy atom. The Bertz CT molecular complexity index is 622. The van der Waals surface area contributed by atoms with Crippen molar-refractivity contribution in [3.8, 4) is 0 Å². The zero-order valence-corrected chi connectivity index (χ0v) is 12.7. The number of aryl methyl sites for hydroxylation is 1. The number of fused-ring (bicyclic) bond motifs is 2. The number of rotatable bonds is 1. The molecule has 106 valence electrons. The molecule has 1 aliphatic heterocycles. The Kier molecular flexibility index (Phi) is 3.14. The second-order valence-electron chi connectivity index (χ2n) is 5.92. The highest BCUT2D eigenvalue weighted by Gasteiger charge is 2.35. The first-order valence-corrected chi connectivity index (χ1v) is 8.61. The van der Waals surface area contributed by atoms with Gasteiger partial charge in [0, 0.05) is 23.6 Å². The van der Waals surface area contributed by atoms with Crippen LogP contribution in [-0.4, -0.2) is 28.6 Å². The standard InChI is InChI=1S/C16H20N2OS/c1-11-6-7-14-12(10-11)17-16(19-14)18-8-9-20-15-5-3-2-4-13(15)18/h6-7,10,13,15H,2-5,8-9H2,1H3/t13-,15+/m1/s1. The van der Waals surface area contributed by atoms with Gasteiger partial charge in [-0.3, -0.25) is 0 Å². The Balaban J connectivity index is 1.69. The number of hydrogen-bond donors (Lipinski definition) is 0. The van der Waals surface area contributed by atoms with Crippen molar-refractivity contribution < 1.29 is 4.42 Å². The van der Waals surface area contributed by atoms with E-state index in [1.165, 1.54) is 37.0 Å². The number of benzene rings is 1. The first-order valence-electron chi connectivity index (χ1n) is 7.57. The van der Waals surface area contributed by atoms with Crippen molar-refractivity contribution in [1.82, 2.24) is 4.98 Å². The Hall–Kier alpha value is -1.16. The molecule has 1 saturated carbocycles. The smallest absolute Gasteiger partial charge is 0.298 e. The predicted molar refractivity (Wildman–Crippen MR) is 84.6 cm³/mol. The molecule has 2 atom stereocenters. The second kappa shape index (κ2) is 4.99. The van der Waals surface area contributed by atoms with E-state index < -0.39 is 0 Å². The SMILES string of the molecule is Cc1ccc2oc(N3CCS[C@H]4CCCC[C@H]43)nc2c1. The number of nitrogens with zero attached hydrogens (tertiary/aromatic N) is 2. The van der Waals surface area contributed by atoms with Gasteiger partial charge >= 0.3 is 0 Å². The van der Waals surface area contributed by atoms with Crippen molar-refractivity contribution in [2.24, 2.45) is 0 Å². The van der Waals surface area contributed by atoms with E-state index in [9.17, 15) is 0 Å². The number of anilines is 1. The molecule has 4 rings (SSSR count). The van der Waals surface area contributed by atoms with Gasteiger partial charge in [0.2, 0.25) is 0 Å². The topological polar surface area (TPSA) is 29.3 Å². The maximum absolute atomic E-state index is 6.02. The third kappa shape index (κ3) is 2.10. The van der Waals surface area contributed by atoms with Crippen LogP contribution in [0.1, 0.15) is 31.2 Å². The Labute approximate surface area is 123 Å². The fraction of sp³-hybridized carbons (Fsp3) is 0.562. The molecule has 0 N–H and O–H groups in total. The Morgan fingerprint density at radius 2 is 2.20 bits per heavy atom. The lowest BCUT2D eigenvalue weighted by molar-refractivity contribution is 0.401. The minimum Gasteiger partial charge on any atom is -0.423 e. The maximum atomic E-state index is 6.02. The fourth-order valence-corrected chi connectivity index (χ4v) is 4.93. The molecule has 2 fully saturated rings. The highest BCUT2D eigenvalue weighted by molar-refractivity contribution is 8.00. The summed E-state index contributed by atoms with van der Waals surface area (Å²) in [5.74, 6) is 1.19. The van der Waals surface area contributed by atoms with Gasteiger partial charge in [0.1, 0.15) is 5.52 Å². The molecule has 0 spiro atoms. The maximum Gasteiger partial charge on any atom is 0.298 e. The molecule has 0 radical (unpaired) electrons. The van der Waals surface area contributed by atoms with Crippen molar-refractivity contribution in [2.45, 2.75) is 43.9 Å². The van der Waals surface area contributed by atoms with Gasteiger partial charge in [0.15, 0.2) is 5.58 Å². The van der Waals surface area contributed by atoms with E-state index in [4.69, 9.17) is 9.40 Å². The lowest BCUT2D eigenvalue weighted by Crippen LogP contribution is -2.49. The van der Waals surface area contributed by atoms with Crippen molar-refractivity contribution in [1.29, 1.82) is 0 Å². The summed E-state index contributed by atoms with van der Waals surface area (Å²) in [6.07, 6.45) is 5.37. The molecule has 2 aromatic rings. The van der Waals surface area contributed by atoms with Gasteiger partial charge in [0.25, 0.3) is 6.01 Å². The van der Waals surface area contributed by atoms with E-state index in [0.29, 0.717) is 6.04 Å². The highest BCUT2D eigenvalue weighted by Crippen LogP contribution is 2.38. The van der Waals surface area contributed by atoms with Crippen LogP contribution in [0.2, 0.25) is 0 Å². The fourth-order valence-electron chi connectivity index (χ4n) is 3.48. The Morgan fingerprint density at radius 3 is 3.15 bits per heavy atom. The van der Waals surface area contributed by atoms with Crippen molar-refractivity contribution in [3.05, 3.63) is 23.8 Å². The van der Waals surface area contributed by atoms with Crippen LogP contribution >= 0.6 is 11.8 Å². The summed E-state index contributed by atoms with van der Waals surface area (Å²) in [4.78, 5) is 7.16. The van der Waals surface area contributed by atoms with E-state index in [1.807, 2.05) is 6.07 Å². The molecule has 0 bridgehead atoms. The largest absolute Gasteiger partial charge is 0.423 e. The average Bonchev–Trinajstić information content (AvgIpc) is 2.89. The summed E-state index contributed by atoms with van der Waals surface area (Å²) >= 11 is 2.14. The molecule has 2 heterocycles. The van der Waals surface area contributed by atoms with Gasteiger partial charge in [-0.2, -0.15) is 16.7 Å². The van der Waals surface area contributed by atoms with Gasteiger partial charge < -0.3 is 9.32 Å². The summed E-state index contributed by atoms with van der Waals surface area (Å²) in [6, 6.07) is 7.70. The first kappa shape index (κ1) is 12.6. The zero-order chi connectivity index (χ0) is 13.5. The molecule has 0 amide bonds. The van der Waals surface area contributed by atoms with Gasteiger partial charge in [-0.15, -0.1) is 0 Å². The molecule has 2 aliphatic rings. The number of oxazole rings is 1. The molecule has 20 heavy (non-hydrogen) atoms. The summed E-state index contributed by atoms with van der Waals surface area (Å²) in [5, 5.41) is 0.772. The number of aromatic nitrogens is 1. The van der Waals surface area contributed by atoms with Crippen molar-refractivity contribution in [2.75, 3.05) is 17.2 Å². The van der Waals surface area contributed by atoms with Crippen LogP contribution in [-0.2, 0) is 0 Å². The van der Waals surface area contributed by atoms with Crippen LogP contribution in [0.3, 0.4) is 0 Å². The molecule has 4 heteroatoms. The third-order valence-corrected chi connectivity index (χ3v) is 5.91. The van der Waals surface area contributed by atoms with E-state index >= 15 is 0 Å². The van der Waals surface area contributed by atoms with Gasteiger partial charge in [-0.1, -0.05) is 18.9 Å². The number of hydrogen-bond acceptors (Lipinski definition) is 4. The molecular formula is C16H20N2OS. The normalized spacial score (nSPS) is 26.8. The lowest BCUT2D eigenvalue weighted by Gasteiger charge is -2.42. The van der Waals surface area contributed by atoms with E-state index in [2.05, 4.69) is 35.7 Å². The second-order valence-corrected chi connectivity index (χ2v) is 7.27. The summed E-state index contributed by atoms with van der Waals surface area (Å²) in [5.41, 5.74) is 3.14. The minimum absolute atomic E-state index is 0.622. The van der Waals surface area contributed by atoms with E-state index in [0.717, 1.165) is 28.9 Å². The monoisotopic (exact) mass is 288 g/mol. The quantitative estimate of drug-likeness (QED) is 0.793. The molecule has 1 aromatic heterocycles. The van der Waals surface area contributed by atoms with Crippen LogP contribution in [0.25, 0.3) is 11.1 Å². The lowest BCUT2D eigenvalue weighted by atomic mass is 9.93. The minimum atomic E-state index is 0.622.